The maximum Gasteiger partial charge on any atom is 0.147 e. The van der Waals surface area contributed by atoms with Crippen LogP contribution >= 0.6 is 0 Å². The molecule has 84 valence electrons. The minimum Gasteiger partial charge on any atom is -0.351 e. The van der Waals surface area contributed by atoms with Gasteiger partial charge in [-0.3, -0.25) is 0 Å². The Labute approximate surface area is 91.4 Å². The Bertz CT molecular complexity index is 251. The van der Waals surface area contributed by atoms with E-state index in [1.165, 1.54) is 5.56 Å². The van der Waals surface area contributed by atoms with Crippen LogP contribution in [0.2, 0.25) is 0 Å². The molecule has 0 fully saturated rings. The van der Waals surface area contributed by atoms with Crippen LogP contribution in [0.4, 0.5) is 0 Å². The molecule has 0 saturated carbocycles. The lowest BCUT2D eigenvalue weighted by molar-refractivity contribution is -0.0890. The number of ether oxygens (including phenoxy) is 2. The van der Waals surface area contributed by atoms with Crippen LogP contribution in [0, 0.1) is 0 Å². The van der Waals surface area contributed by atoms with Gasteiger partial charge in [-0.1, -0.05) is 30.3 Å². The molecular weight excluding hydrogens is 190 g/mol. The Balaban J connectivity index is 2.07. The number of rotatable bonds is 7. The van der Waals surface area contributed by atoms with E-state index >= 15 is 0 Å². The highest BCUT2D eigenvalue weighted by Gasteiger charge is 1.99. The van der Waals surface area contributed by atoms with Crippen LogP contribution in [0.15, 0.2) is 30.3 Å². The zero-order valence-electron chi connectivity index (χ0n) is 9.40. The van der Waals surface area contributed by atoms with E-state index in [0.717, 1.165) is 6.54 Å². The van der Waals surface area contributed by atoms with E-state index in [-0.39, 0.29) is 6.10 Å². The van der Waals surface area contributed by atoms with Gasteiger partial charge in [0.15, 0.2) is 0 Å². The Morgan fingerprint density at radius 3 is 2.67 bits per heavy atom. The van der Waals surface area contributed by atoms with Gasteiger partial charge < -0.3 is 14.8 Å². The second-order valence-electron chi connectivity index (χ2n) is 3.49. The summed E-state index contributed by atoms with van der Waals surface area (Å²) in [6.07, 6.45) is 0.186. The lowest BCUT2D eigenvalue weighted by Crippen LogP contribution is -2.24. The van der Waals surface area contributed by atoms with Crippen molar-refractivity contribution in [3.8, 4) is 0 Å². The van der Waals surface area contributed by atoms with E-state index in [2.05, 4.69) is 5.32 Å². The van der Waals surface area contributed by atoms with Crippen LogP contribution in [-0.4, -0.2) is 26.5 Å². The Kier molecular flexibility index (Phi) is 6.00. The van der Waals surface area contributed by atoms with Gasteiger partial charge >= 0.3 is 0 Å². The molecule has 1 N–H and O–H groups in total. The molecule has 1 atom stereocenters. The first-order valence-electron chi connectivity index (χ1n) is 5.21. The zero-order chi connectivity index (χ0) is 10.9. The largest absolute Gasteiger partial charge is 0.351 e. The highest BCUT2D eigenvalue weighted by atomic mass is 16.7. The SMILES string of the molecule is CNCC(C)OCOCc1ccccc1. The van der Waals surface area contributed by atoms with Crippen molar-refractivity contribution in [3.05, 3.63) is 35.9 Å². The van der Waals surface area contributed by atoms with Crippen LogP contribution in [0.3, 0.4) is 0 Å². The average Bonchev–Trinajstić information content (AvgIpc) is 2.26. The highest BCUT2D eigenvalue weighted by Crippen LogP contribution is 2.00. The Morgan fingerprint density at radius 2 is 2.00 bits per heavy atom. The van der Waals surface area contributed by atoms with Crippen LogP contribution < -0.4 is 5.32 Å². The van der Waals surface area contributed by atoms with Crippen molar-refractivity contribution in [2.24, 2.45) is 0 Å². The molecule has 0 spiro atoms. The van der Waals surface area contributed by atoms with Gasteiger partial charge in [0.05, 0.1) is 12.7 Å². The molecule has 3 nitrogen and oxygen atoms in total. The summed E-state index contributed by atoms with van der Waals surface area (Å²) in [5.74, 6) is 0. The fourth-order valence-electron chi connectivity index (χ4n) is 1.24. The summed E-state index contributed by atoms with van der Waals surface area (Å²) in [7, 11) is 1.91. The predicted octanol–water partition coefficient (Wildman–Crippen LogP) is 1.79. The molecule has 15 heavy (non-hydrogen) atoms. The molecule has 0 amide bonds. The van der Waals surface area contributed by atoms with E-state index in [0.29, 0.717) is 13.4 Å². The van der Waals surface area contributed by atoms with Crippen LogP contribution in [0.25, 0.3) is 0 Å². The predicted molar refractivity (Wildman–Crippen MR) is 60.6 cm³/mol. The molecule has 0 bridgehead atoms. The monoisotopic (exact) mass is 209 g/mol. The molecule has 3 heteroatoms. The fraction of sp³-hybridized carbons (Fsp3) is 0.500. The van der Waals surface area contributed by atoms with Gasteiger partial charge in [-0.25, -0.2) is 0 Å². The van der Waals surface area contributed by atoms with Gasteiger partial charge in [-0.2, -0.15) is 0 Å². The molecule has 1 aromatic carbocycles. The van der Waals surface area contributed by atoms with Crippen LogP contribution in [0.5, 0.6) is 0 Å². The first-order chi connectivity index (χ1) is 7.33. The summed E-state index contributed by atoms with van der Waals surface area (Å²) < 4.78 is 10.8. The van der Waals surface area contributed by atoms with Crippen molar-refractivity contribution in [2.45, 2.75) is 19.6 Å². The van der Waals surface area contributed by atoms with Crippen molar-refractivity contribution in [1.29, 1.82) is 0 Å². The van der Waals surface area contributed by atoms with Gasteiger partial charge in [0, 0.05) is 6.54 Å². The van der Waals surface area contributed by atoms with E-state index in [1.807, 2.05) is 44.3 Å². The van der Waals surface area contributed by atoms with E-state index in [9.17, 15) is 0 Å². The molecule has 1 aromatic rings. The summed E-state index contributed by atoms with van der Waals surface area (Å²) in [6, 6.07) is 10.1. The van der Waals surface area contributed by atoms with Crippen LogP contribution in [-0.2, 0) is 16.1 Å². The van der Waals surface area contributed by atoms with Gasteiger partial charge in [-0.05, 0) is 19.5 Å². The third kappa shape index (κ3) is 5.52. The Morgan fingerprint density at radius 1 is 1.27 bits per heavy atom. The summed E-state index contributed by atoms with van der Waals surface area (Å²) in [4.78, 5) is 0. The van der Waals surface area contributed by atoms with Crippen molar-refractivity contribution in [1.82, 2.24) is 5.32 Å². The number of nitrogens with one attached hydrogen (secondary N) is 1. The van der Waals surface area contributed by atoms with E-state index in [1.54, 1.807) is 0 Å². The second kappa shape index (κ2) is 7.40. The lowest BCUT2D eigenvalue weighted by atomic mass is 10.2. The van der Waals surface area contributed by atoms with Gasteiger partial charge in [0.2, 0.25) is 0 Å². The molecular formula is C12H19NO2. The molecule has 0 heterocycles. The van der Waals surface area contributed by atoms with Crippen molar-refractivity contribution < 1.29 is 9.47 Å². The highest BCUT2D eigenvalue weighted by molar-refractivity contribution is 5.13. The number of hydrogen-bond donors (Lipinski definition) is 1. The number of benzene rings is 1. The molecule has 0 saturated heterocycles. The van der Waals surface area contributed by atoms with Gasteiger partial charge in [0.1, 0.15) is 6.79 Å². The fourth-order valence-corrected chi connectivity index (χ4v) is 1.24. The standard InChI is InChI=1S/C12H19NO2/c1-11(8-13-2)15-10-14-9-12-6-4-3-5-7-12/h3-7,11,13H,8-10H2,1-2H3. The quantitative estimate of drug-likeness (QED) is 0.548. The first kappa shape index (κ1) is 12.2. The molecule has 1 rings (SSSR count). The molecule has 0 aliphatic heterocycles. The summed E-state index contributed by atoms with van der Waals surface area (Å²) in [5.41, 5.74) is 1.17. The summed E-state index contributed by atoms with van der Waals surface area (Å²) in [6.45, 7) is 3.81. The topological polar surface area (TPSA) is 30.5 Å². The van der Waals surface area contributed by atoms with Crippen molar-refractivity contribution >= 4 is 0 Å². The van der Waals surface area contributed by atoms with Gasteiger partial charge in [0.25, 0.3) is 0 Å². The summed E-state index contributed by atoms with van der Waals surface area (Å²) in [5, 5.41) is 3.05. The normalized spacial score (nSPS) is 12.7. The Hall–Kier alpha value is -0.900. The zero-order valence-corrected chi connectivity index (χ0v) is 9.40. The third-order valence-corrected chi connectivity index (χ3v) is 2.04. The maximum absolute atomic E-state index is 5.42. The lowest BCUT2D eigenvalue weighted by Gasteiger charge is -2.12. The van der Waals surface area contributed by atoms with Crippen molar-refractivity contribution in [3.63, 3.8) is 0 Å². The minimum absolute atomic E-state index is 0.186. The smallest absolute Gasteiger partial charge is 0.147 e. The molecule has 0 aromatic heterocycles. The molecule has 0 radical (unpaired) electrons. The second-order valence-corrected chi connectivity index (χ2v) is 3.49. The van der Waals surface area contributed by atoms with E-state index < -0.39 is 0 Å². The average molecular weight is 209 g/mol. The van der Waals surface area contributed by atoms with Crippen LogP contribution in [0.1, 0.15) is 12.5 Å². The third-order valence-electron chi connectivity index (χ3n) is 2.04. The first-order valence-corrected chi connectivity index (χ1v) is 5.21. The summed E-state index contributed by atoms with van der Waals surface area (Å²) >= 11 is 0. The number of hydrogen-bond acceptors (Lipinski definition) is 3. The van der Waals surface area contributed by atoms with Gasteiger partial charge in [-0.15, -0.1) is 0 Å². The van der Waals surface area contributed by atoms with E-state index in [4.69, 9.17) is 9.47 Å². The molecule has 0 aliphatic rings. The number of likely N-dealkylation sites (N-methyl/N-ethyl adjacent to an activating group) is 1. The molecule has 1 unspecified atom stereocenters. The maximum atomic E-state index is 5.42. The molecule has 0 aliphatic carbocycles. The van der Waals surface area contributed by atoms with Crippen molar-refractivity contribution in [2.75, 3.05) is 20.4 Å². The minimum atomic E-state index is 0.186.